The Morgan fingerprint density at radius 2 is 1.70 bits per heavy atom. The molecule has 2 aromatic rings. The van der Waals surface area contributed by atoms with Crippen molar-refractivity contribution in [3.8, 4) is 5.75 Å². The van der Waals surface area contributed by atoms with Gasteiger partial charge in [0.2, 0.25) is 0 Å². The zero-order valence-electron chi connectivity index (χ0n) is 15.3. The lowest BCUT2D eigenvalue weighted by atomic mass is 10.2. The number of nitrogens with one attached hydrogen (secondary N) is 3. The fraction of sp³-hybridized carbons (Fsp3) is 0.300. The second-order valence-corrected chi connectivity index (χ2v) is 6.82. The summed E-state index contributed by atoms with van der Waals surface area (Å²) in [5, 5.41) is 3.87. The molecule has 0 aliphatic heterocycles. The van der Waals surface area contributed by atoms with Gasteiger partial charge in [-0.25, -0.2) is 0 Å². The Hall–Kier alpha value is -2.31. The quantitative estimate of drug-likeness (QED) is 0.330. The van der Waals surface area contributed by atoms with Crippen molar-refractivity contribution in [1.82, 2.24) is 10.9 Å². The summed E-state index contributed by atoms with van der Waals surface area (Å²) in [7, 11) is 0. The van der Waals surface area contributed by atoms with Crippen LogP contribution in [0.1, 0.15) is 43.0 Å². The maximum Gasteiger partial charge on any atom is 0.269 e. The molecule has 0 radical (unpaired) electrons. The van der Waals surface area contributed by atoms with Gasteiger partial charge in [-0.15, -0.1) is 0 Å². The fourth-order valence-electron chi connectivity index (χ4n) is 2.30. The molecule has 0 bridgehead atoms. The van der Waals surface area contributed by atoms with E-state index in [4.69, 9.17) is 28.6 Å². The smallest absolute Gasteiger partial charge is 0.269 e. The molecular formula is C20H24ClN3O2S. The van der Waals surface area contributed by atoms with Gasteiger partial charge in [0.25, 0.3) is 5.91 Å². The highest BCUT2D eigenvalue weighted by Crippen LogP contribution is 2.14. The summed E-state index contributed by atoms with van der Waals surface area (Å²) < 4.78 is 5.67. The summed E-state index contributed by atoms with van der Waals surface area (Å²) in [5.74, 6) is 0.473. The number of amides is 1. The molecule has 0 spiro atoms. The maximum atomic E-state index is 12.2. The molecular weight excluding hydrogens is 382 g/mol. The normalized spacial score (nSPS) is 10.1. The number of hydrogen-bond donors (Lipinski definition) is 3. The lowest BCUT2D eigenvalue weighted by Gasteiger charge is -2.12. The maximum absolute atomic E-state index is 12.2. The third-order valence-corrected chi connectivity index (χ3v) is 4.23. The van der Waals surface area contributed by atoms with Gasteiger partial charge in [0.1, 0.15) is 5.75 Å². The molecule has 0 aliphatic rings. The molecule has 5 nitrogen and oxygen atoms in total. The summed E-state index contributed by atoms with van der Waals surface area (Å²) >= 11 is 11.0. The molecule has 0 aliphatic carbocycles. The van der Waals surface area contributed by atoms with Gasteiger partial charge < -0.3 is 10.1 Å². The number of thiocarbonyl (C=S) groups is 1. The van der Waals surface area contributed by atoms with Crippen molar-refractivity contribution in [1.29, 1.82) is 0 Å². The third-order valence-electron chi connectivity index (χ3n) is 3.77. The highest BCUT2D eigenvalue weighted by atomic mass is 35.5. The Morgan fingerprint density at radius 3 is 2.37 bits per heavy atom. The zero-order chi connectivity index (χ0) is 19.5. The molecule has 0 saturated heterocycles. The minimum atomic E-state index is -0.287. The van der Waals surface area contributed by atoms with Crippen LogP contribution in [0.4, 0.5) is 5.69 Å². The molecule has 0 heterocycles. The van der Waals surface area contributed by atoms with Crippen LogP contribution < -0.4 is 20.9 Å². The number of ether oxygens (including phenoxy) is 1. The van der Waals surface area contributed by atoms with E-state index in [0.29, 0.717) is 17.2 Å². The summed E-state index contributed by atoms with van der Waals surface area (Å²) in [4.78, 5) is 12.2. The second-order valence-electron chi connectivity index (χ2n) is 5.97. The van der Waals surface area contributed by atoms with Crippen LogP contribution in [0.15, 0.2) is 48.5 Å². The van der Waals surface area contributed by atoms with Gasteiger partial charge in [0, 0.05) is 16.3 Å². The topological polar surface area (TPSA) is 62.4 Å². The number of benzene rings is 2. The fourth-order valence-corrected chi connectivity index (χ4v) is 2.60. The van der Waals surface area contributed by atoms with Crippen LogP contribution in [-0.4, -0.2) is 17.6 Å². The van der Waals surface area contributed by atoms with E-state index in [-0.39, 0.29) is 11.0 Å². The van der Waals surface area contributed by atoms with E-state index in [2.05, 4.69) is 23.1 Å². The van der Waals surface area contributed by atoms with Crippen molar-refractivity contribution in [2.24, 2.45) is 0 Å². The van der Waals surface area contributed by atoms with Gasteiger partial charge >= 0.3 is 0 Å². The molecule has 0 fully saturated rings. The van der Waals surface area contributed by atoms with Gasteiger partial charge in [-0.05, 0) is 67.2 Å². The van der Waals surface area contributed by atoms with Gasteiger partial charge in [0.05, 0.1) is 6.61 Å². The third kappa shape index (κ3) is 7.85. The number of halogens is 1. The van der Waals surface area contributed by atoms with Crippen LogP contribution in [0.5, 0.6) is 5.75 Å². The number of hydrazine groups is 1. The Morgan fingerprint density at radius 1 is 1.00 bits per heavy atom. The van der Waals surface area contributed by atoms with Crippen molar-refractivity contribution < 1.29 is 9.53 Å². The first-order valence-electron chi connectivity index (χ1n) is 8.94. The molecule has 2 rings (SSSR count). The summed E-state index contributed by atoms with van der Waals surface area (Å²) in [6.07, 6.45) is 4.64. The largest absolute Gasteiger partial charge is 0.494 e. The number of carbonyl (C=O) groups is 1. The van der Waals surface area contributed by atoms with Crippen LogP contribution in [-0.2, 0) is 0 Å². The highest BCUT2D eigenvalue weighted by molar-refractivity contribution is 7.80. The molecule has 0 unspecified atom stereocenters. The molecule has 2 aromatic carbocycles. The van der Waals surface area contributed by atoms with Crippen LogP contribution in [0, 0.1) is 0 Å². The molecule has 3 N–H and O–H groups in total. The highest BCUT2D eigenvalue weighted by Gasteiger charge is 2.06. The predicted molar refractivity (Wildman–Crippen MR) is 114 cm³/mol. The molecule has 0 aromatic heterocycles. The van der Waals surface area contributed by atoms with Crippen molar-refractivity contribution in [2.75, 3.05) is 11.9 Å². The van der Waals surface area contributed by atoms with Crippen molar-refractivity contribution in [3.63, 3.8) is 0 Å². The summed E-state index contributed by atoms with van der Waals surface area (Å²) in [6.45, 7) is 2.87. The van der Waals surface area contributed by atoms with E-state index in [1.54, 1.807) is 48.5 Å². The Balaban J connectivity index is 1.73. The van der Waals surface area contributed by atoms with Crippen LogP contribution in [0.3, 0.4) is 0 Å². The zero-order valence-corrected chi connectivity index (χ0v) is 16.8. The van der Waals surface area contributed by atoms with E-state index >= 15 is 0 Å². The Kier molecular flexibility index (Phi) is 8.87. The average Bonchev–Trinajstić information content (AvgIpc) is 2.68. The van der Waals surface area contributed by atoms with Crippen molar-refractivity contribution >= 4 is 40.5 Å². The average molecular weight is 406 g/mol. The standard InChI is InChI=1S/C20H24ClN3O2S/c1-2-3-4-5-14-26-18-12-6-15(7-13-18)19(25)23-24-20(27)22-17-10-8-16(21)9-11-17/h6-13H,2-5,14H2,1H3,(H,23,25)(H2,22,24,27). The second kappa shape index (κ2) is 11.4. The van der Waals surface area contributed by atoms with Crippen LogP contribution in [0.2, 0.25) is 5.02 Å². The number of hydrogen-bond acceptors (Lipinski definition) is 3. The Bertz CT molecular complexity index is 736. The van der Waals surface area contributed by atoms with E-state index in [0.717, 1.165) is 17.9 Å². The van der Waals surface area contributed by atoms with Crippen molar-refractivity contribution in [2.45, 2.75) is 32.6 Å². The van der Waals surface area contributed by atoms with E-state index in [1.807, 2.05) is 0 Å². The Labute approximate surface area is 170 Å². The lowest BCUT2D eigenvalue weighted by Crippen LogP contribution is -2.43. The van der Waals surface area contributed by atoms with Crippen LogP contribution in [0.25, 0.3) is 0 Å². The predicted octanol–water partition coefficient (Wildman–Crippen LogP) is 4.93. The number of carbonyl (C=O) groups excluding carboxylic acids is 1. The van der Waals surface area contributed by atoms with Gasteiger partial charge in [-0.1, -0.05) is 37.8 Å². The molecule has 1 amide bonds. The molecule has 27 heavy (non-hydrogen) atoms. The minimum absolute atomic E-state index is 0.276. The number of anilines is 1. The summed E-state index contributed by atoms with van der Waals surface area (Å²) in [6, 6.07) is 14.1. The van der Waals surface area contributed by atoms with Gasteiger partial charge in [0.15, 0.2) is 5.11 Å². The van der Waals surface area contributed by atoms with Crippen molar-refractivity contribution in [3.05, 3.63) is 59.1 Å². The minimum Gasteiger partial charge on any atom is -0.494 e. The molecule has 144 valence electrons. The molecule has 0 saturated carbocycles. The SMILES string of the molecule is CCCCCCOc1ccc(C(=O)NNC(=S)Nc2ccc(Cl)cc2)cc1. The first-order valence-corrected chi connectivity index (χ1v) is 9.73. The lowest BCUT2D eigenvalue weighted by molar-refractivity contribution is 0.0944. The number of rotatable bonds is 8. The van der Waals surface area contributed by atoms with E-state index < -0.39 is 0 Å². The summed E-state index contributed by atoms with van der Waals surface area (Å²) in [5.41, 5.74) is 6.51. The van der Waals surface area contributed by atoms with Crippen LogP contribution >= 0.6 is 23.8 Å². The van der Waals surface area contributed by atoms with E-state index in [1.165, 1.54) is 19.3 Å². The first-order chi connectivity index (χ1) is 13.1. The van der Waals surface area contributed by atoms with Gasteiger partial charge in [-0.3, -0.25) is 15.6 Å². The monoisotopic (exact) mass is 405 g/mol. The van der Waals surface area contributed by atoms with Gasteiger partial charge in [-0.2, -0.15) is 0 Å². The first kappa shape index (κ1) is 21.0. The molecule has 7 heteroatoms. The van der Waals surface area contributed by atoms with E-state index in [9.17, 15) is 4.79 Å². The molecule has 0 atom stereocenters. The number of unbranched alkanes of at least 4 members (excludes halogenated alkanes) is 3.